The fourth-order valence-electron chi connectivity index (χ4n) is 1.23. The Kier molecular flexibility index (Phi) is 4.23. The topological polar surface area (TPSA) is 69.0 Å². The number of nitrogens with zero attached hydrogens (tertiary/aromatic N) is 2. The van der Waals surface area contributed by atoms with Gasteiger partial charge in [-0.05, 0) is 20.3 Å². The van der Waals surface area contributed by atoms with E-state index >= 15 is 0 Å². The van der Waals surface area contributed by atoms with E-state index in [0.29, 0.717) is 13.0 Å². The monoisotopic (exact) mass is 244 g/mol. The molecule has 0 saturated carbocycles. The van der Waals surface area contributed by atoms with Crippen molar-refractivity contribution in [1.82, 2.24) is 9.55 Å². The van der Waals surface area contributed by atoms with E-state index in [0.717, 1.165) is 0 Å². The SMILES string of the molecule is CC(C)S(=O)(=O)CCCn1ccncc1=O. The largest absolute Gasteiger partial charge is 0.313 e. The molecule has 0 aliphatic rings. The minimum atomic E-state index is -3.01. The fraction of sp³-hybridized carbons (Fsp3) is 0.600. The normalized spacial score (nSPS) is 11.9. The quantitative estimate of drug-likeness (QED) is 0.754. The standard InChI is InChI=1S/C10H16N2O3S/c1-9(2)16(14,15)7-3-5-12-6-4-11-8-10(12)13/h4,6,8-9H,3,5,7H2,1-2H3. The molecule has 0 fully saturated rings. The summed E-state index contributed by atoms with van der Waals surface area (Å²) in [5.41, 5.74) is -0.204. The highest BCUT2D eigenvalue weighted by Gasteiger charge is 2.15. The van der Waals surface area contributed by atoms with Crippen molar-refractivity contribution >= 4 is 9.84 Å². The summed E-state index contributed by atoms with van der Waals surface area (Å²) in [6.45, 7) is 3.73. The number of aryl methyl sites for hydroxylation is 1. The van der Waals surface area contributed by atoms with Crippen molar-refractivity contribution in [3.8, 4) is 0 Å². The van der Waals surface area contributed by atoms with Gasteiger partial charge in [0.2, 0.25) is 0 Å². The van der Waals surface area contributed by atoms with E-state index in [4.69, 9.17) is 0 Å². The molecule has 0 aliphatic heterocycles. The molecule has 0 aliphatic carbocycles. The van der Waals surface area contributed by atoms with Crippen molar-refractivity contribution < 1.29 is 8.42 Å². The van der Waals surface area contributed by atoms with Crippen molar-refractivity contribution in [1.29, 1.82) is 0 Å². The van der Waals surface area contributed by atoms with Crippen LogP contribution in [0.1, 0.15) is 20.3 Å². The highest BCUT2D eigenvalue weighted by Crippen LogP contribution is 2.03. The Morgan fingerprint density at radius 2 is 2.12 bits per heavy atom. The van der Waals surface area contributed by atoms with E-state index in [1.807, 2.05) is 0 Å². The van der Waals surface area contributed by atoms with Gasteiger partial charge in [-0.15, -0.1) is 0 Å². The van der Waals surface area contributed by atoms with Crippen molar-refractivity contribution in [2.24, 2.45) is 0 Å². The lowest BCUT2D eigenvalue weighted by Crippen LogP contribution is -2.22. The Morgan fingerprint density at radius 3 is 2.69 bits per heavy atom. The third kappa shape index (κ3) is 3.44. The van der Waals surface area contributed by atoms with Crippen LogP contribution in [-0.2, 0) is 16.4 Å². The van der Waals surface area contributed by atoms with Crippen LogP contribution in [0.3, 0.4) is 0 Å². The fourth-order valence-corrected chi connectivity index (χ4v) is 2.23. The maximum absolute atomic E-state index is 11.5. The van der Waals surface area contributed by atoms with Crippen molar-refractivity contribution in [2.75, 3.05) is 5.75 Å². The number of aromatic nitrogens is 2. The molecule has 16 heavy (non-hydrogen) atoms. The number of sulfone groups is 1. The lowest BCUT2D eigenvalue weighted by atomic mass is 10.4. The van der Waals surface area contributed by atoms with Crippen LogP contribution in [-0.4, -0.2) is 29.0 Å². The first-order valence-electron chi connectivity index (χ1n) is 5.15. The minimum absolute atomic E-state index is 0.111. The molecule has 6 heteroatoms. The zero-order chi connectivity index (χ0) is 12.2. The minimum Gasteiger partial charge on any atom is -0.313 e. The van der Waals surface area contributed by atoms with Crippen LogP contribution in [0.2, 0.25) is 0 Å². The third-order valence-electron chi connectivity index (χ3n) is 2.35. The molecule has 0 bridgehead atoms. The molecular formula is C10H16N2O3S. The molecular weight excluding hydrogens is 228 g/mol. The van der Waals surface area contributed by atoms with E-state index < -0.39 is 9.84 Å². The van der Waals surface area contributed by atoms with Gasteiger partial charge in [-0.25, -0.2) is 8.42 Å². The predicted molar refractivity (Wildman–Crippen MR) is 62.0 cm³/mol. The average Bonchev–Trinajstić information content (AvgIpc) is 2.20. The third-order valence-corrected chi connectivity index (χ3v) is 4.64. The van der Waals surface area contributed by atoms with Gasteiger partial charge in [0, 0.05) is 18.9 Å². The summed E-state index contributed by atoms with van der Waals surface area (Å²) in [7, 11) is -3.01. The van der Waals surface area contributed by atoms with E-state index in [1.165, 1.54) is 17.0 Å². The van der Waals surface area contributed by atoms with E-state index in [9.17, 15) is 13.2 Å². The summed E-state index contributed by atoms with van der Waals surface area (Å²) in [5, 5.41) is -0.360. The van der Waals surface area contributed by atoms with Gasteiger partial charge < -0.3 is 4.57 Å². The Balaban J connectivity index is 2.55. The highest BCUT2D eigenvalue weighted by molar-refractivity contribution is 7.91. The molecule has 0 N–H and O–H groups in total. The molecule has 90 valence electrons. The van der Waals surface area contributed by atoms with Gasteiger partial charge in [0.05, 0.1) is 17.2 Å². The van der Waals surface area contributed by atoms with Gasteiger partial charge in [0.15, 0.2) is 9.84 Å². The van der Waals surface area contributed by atoms with Gasteiger partial charge in [-0.3, -0.25) is 9.78 Å². The van der Waals surface area contributed by atoms with Crippen LogP contribution in [0.5, 0.6) is 0 Å². The first-order valence-corrected chi connectivity index (χ1v) is 6.87. The van der Waals surface area contributed by atoms with Gasteiger partial charge >= 0.3 is 0 Å². The second kappa shape index (κ2) is 5.25. The maximum atomic E-state index is 11.5. The lowest BCUT2D eigenvalue weighted by molar-refractivity contribution is 0.575. The highest BCUT2D eigenvalue weighted by atomic mass is 32.2. The van der Waals surface area contributed by atoms with Gasteiger partial charge in [-0.2, -0.15) is 0 Å². The predicted octanol–water partition coefficient (Wildman–Crippen LogP) is 0.457. The summed E-state index contributed by atoms with van der Waals surface area (Å²) < 4.78 is 24.5. The zero-order valence-corrected chi connectivity index (χ0v) is 10.3. The van der Waals surface area contributed by atoms with Gasteiger partial charge in [-0.1, -0.05) is 0 Å². The summed E-state index contributed by atoms with van der Waals surface area (Å²) in [6, 6.07) is 0. The summed E-state index contributed by atoms with van der Waals surface area (Å²) >= 11 is 0. The van der Waals surface area contributed by atoms with Crippen LogP contribution < -0.4 is 5.56 Å². The molecule has 1 rings (SSSR count). The van der Waals surface area contributed by atoms with Crippen LogP contribution in [0.15, 0.2) is 23.4 Å². The van der Waals surface area contributed by atoms with E-state index in [-0.39, 0.29) is 16.6 Å². The zero-order valence-electron chi connectivity index (χ0n) is 9.46. The number of hydrogen-bond acceptors (Lipinski definition) is 4. The molecule has 0 unspecified atom stereocenters. The van der Waals surface area contributed by atoms with Crippen LogP contribution in [0.25, 0.3) is 0 Å². The molecule has 0 radical (unpaired) electrons. The smallest absolute Gasteiger partial charge is 0.268 e. The van der Waals surface area contributed by atoms with Crippen molar-refractivity contribution in [3.63, 3.8) is 0 Å². The van der Waals surface area contributed by atoms with Crippen molar-refractivity contribution in [3.05, 3.63) is 28.9 Å². The molecule has 0 spiro atoms. The average molecular weight is 244 g/mol. The maximum Gasteiger partial charge on any atom is 0.268 e. The Hall–Kier alpha value is -1.17. The first kappa shape index (κ1) is 12.9. The van der Waals surface area contributed by atoms with Crippen molar-refractivity contribution in [2.45, 2.75) is 32.1 Å². The molecule has 5 nitrogen and oxygen atoms in total. The second-order valence-electron chi connectivity index (χ2n) is 3.88. The molecule has 0 amide bonds. The van der Waals surface area contributed by atoms with Crippen LogP contribution in [0.4, 0.5) is 0 Å². The number of rotatable bonds is 5. The Morgan fingerprint density at radius 1 is 1.44 bits per heavy atom. The molecule has 0 aromatic carbocycles. The van der Waals surface area contributed by atoms with E-state index in [2.05, 4.69) is 4.98 Å². The van der Waals surface area contributed by atoms with Gasteiger partial charge in [0.1, 0.15) is 0 Å². The molecule has 1 aromatic heterocycles. The Bertz CT molecular complexity index is 491. The summed E-state index contributed by atoms with van der Waals surface area (Å²) in [5.74, 6) is 0.111. The van der Waals surface area contributed by atoms with E-state index in [1.54, 1.807) is 20.0 Å². The van der Waals surface area contributed by atoms with Crippen LogP contribution in [0, 0.1) is 0 Å². The second-order valence-corrected chi connectivity index (χ2v) is 6.55. The first-order chi connectivity index (χ1) is 7.43. The molecule has 0 saturated heterocycles. The Labute approximate surface area is 95.1 Å². The lowest BCUT2D eigenvalue weighted by Gasteiger charge is -2.08. The summed E-state index contributed by atoms with van der Waals surface area (Å²) in [4.78, 5) is 14.9. The molecule has 0 atom stereocenters. The van der Waals surface area contributed by atoms with Crippen LogP contribution >= 0.6 is 0 Å². The number of hydrogen-bond donors (Lipinski definition) is 0. The molecule has 1 aromatic rings. The molecule has 1 heterocycles. The summed E-state index contributed by atoms with van der Waals surface area (Å²) in [6.07, 6.45) is 4.74. The van der Waals surface area contributed by atoms with Gasteiger partial charge in [0.25, 0.3) is 5.56 Å².